The van der Waals surface area contributed by atoms with Gasteiger partial charge in [0.25, 0.3) is 0 Å². The average molecular weight is 198 g/mol. The van der Waals surface area contributed by atoms with E-state index in [4.69, 9.17) is 0 Å². The molecule has 2 nitrogen and oxygen atoms in total. The number of nitrogens with one attached hydrogen (secondary N) is 1. The Labute approximate surface area is 89.1 Å². The van der Waals surface area contributed by atoms with Gasteiger partial charge in [0.2, 0.25) is 0 Å². The van der Waals surface area contributed by atoms with Crippen molar-refractivity contribution >= 4 is 0 Å². The molecule has 1 N–H and O–H groups in total. The highest BCUT2D eigenvalue weighted by molar-refractivity contribution is 4.71. The van der Waals surface area contributed by atoms with Crippen LogP contribution in [0.5, 0.6) is 0 Å². The highest BCUT2D eigenvalue weighted by Gasteiger charge is 2.15. The van der Waals surface area contributed by atoms with Crippen molar-refractivity contribution in [1.29, 1.82) is 0 Å². The first-order chi connectivity index (χ1) is 6.68. The third kappa shape index (κ3) is 4.97. The van der Waals surface area contributed by atoms with Gasteiger partial charge in [0.15, 0.2) is 0 Å². The van der Waals surface area contributed by atoms with Crippen LogP contribution < -0.4 is 5.32 Å². The van der Waals surface area contributed by atoms with E-state index in [1.807, 2.05) is 0 Å². The van der Waals surface area contributed by atoms with Crippen molar-refractivity contribution in [2.24, 2.45) is 11.8 Å². The van der Waals surface area contributed by atoms with Gasteiger partial charge in [-0.25, -0.2) is 0 Å². The molecule has 1 rings (SSSR count). The van der Waals surface area contributed by atoms with Crippen molar-refractivity contribution in [2.75, 3.05) is 32.7 Å². The summed E-state index contributed by atoms with van der Waals surface area (Å²) in [5.74, 6) is 1.63. The summed E-state index contributed by atoms with van der Waals surface area (Å²) in [7, 11) is 0. The Kier molecular flexibility index (Phi) is 5.49. The van der Waals surface area contributed by atoms with Crippen LogP contribution in [-0.2, 0) is 0 Å². The molecule has 1 heterocycles. The second-order valence-electron chi connectivity index (χ2n) is 5.15. The van der Waals surface area contributed by atoms with E-state index >= 15 is 0 Å². The zero-order chi connectivity index (χ0) is 10.4. The van der Waals surface area contributed by atoms with Gasteiger partial charge in [-0.2, -0.15) is 0 Å². The maximum atomic E-state index is 3.51. The smallest absolute Gasteiger partial charge is 0.000751 e. The van der Waals surface area contributed by atoms with E-state index in [9.17, 15) is 0 Å². The Morgan fingerprint density at radius 2 is 1.93 bits per heavy atom. The first kappa shape index (κ1) is 12.0. The molecule has 1 aliphatic heterocycles. The summed E-state index contributed by atoms with van der Waals surface area (Å²) in [6, 6.07) is 0. The first-order valence-corrected chi connectivity index (χ1v) is 6.11. The van der Waals surface area contributed by atoms with Crippen LogP contribution in [0.4, 0.5) is 0 Å². The molecule has 84 valence electrons. The van der Waals surface area contributed by atoms with Crippen molar-refractivity contribution in [3.05, 3.63) is 0 Å². The summed E-state index contributed by atoms with van der Waals surface area (Å²) in [5.41, 5.74) is 0. The molecule has 0 aromatic carbocycles. The van der Waals surface area contributed by atoms with E-state index in [2.05, 4.69) is 31.0 Å². The van der Waals surface area contributed by atoms with Crippen molar-refractivity contribution in [1.82, 2.24) is 10.2 Å². The van der Waals surface area contributed by atoms with Crippen LogP contribution in [0.25, 0.3) is 0 Å². The number of rotatable bonds is 7. The molecule has 1 atom stereocenters. The highest BCUT2D eigenvalue weighted by Crippen LogP contribution is 2.11. The van der Waals surface area contributed by atoms with Gasteiger partial charge in [0.1, 0.15) is 0 Å². The Bertz CT molecular complexity index is 141. The van der Waals surface area contributed by atoms with E-state index in [0.29, 0.717) is 0 Å². The van der Waals surface area contributed by atoms with Crippen LogP contribution in [-0.4, -0.2) is 37.6 Å². The van der Waals surface area contributed by atoms with Crippen molar-refractivity contribution in [3.8, 4) is 0 Å². The molecule has 0 saturated carbocycles. The Morgan fingerprint density at radius 1 is 1.21 bits per heavy atom. The van der Waals surface area contributed by atoms with Gasteiger partial charge in [-0.1, -0.05) is 20.8 Å². The lowest BCUT2D eigenvalue weighted by molar-refractivity contribution is 0.153. The molecule has 0 aromatic rings. The SMILES string of the molecule is CC(C)CNCCC(C)CN1CCC1. The largest absolute Gasteiger partial charge is 0.316 e. The standard InChI is InChI=1S/C12H26N2/c1-11(2)9-13-6-5-12(3)10-14-7-4-8-14/h11-13H,4-10H2,1-3H3. The summed E-state index contributed by atoms with van der Waals surface area (Å²) in [4.78, 5) is 2.56. The number of nitrogens with zero attached hydrogens (tertiary/aromatic N) is 1. The number of hydrogen-bond acceptors (Lipinski definition) is 2. The Morgan fingerprint density at radius 3 is 2.43 bits per heavy atom. The molecule has 0 radical (unpaired) electrons. The summed E-state index contributed by atoms with van der Waals surface area (Å²) in [6.07, 6.45) is 2.74. The summed E-state index contributed by atoms with van der Waals surface area (Å²) in [5, 5.41) is 3.51. The maximum Gasteiger partial charge on any atom is 0.000751 e. The number of likely N-dealkylation sites (tertiary alicyclic amines) is 1. The first-order valence-electron chi connectivity index (χ1n) is 6.11. The van der Waals surface area contributed by atoms with Crippen molar-refractivity contribution in [2.45, 2.75) is 33.6 Å². The monoisotopic (exact) mass is 198 g/mol. The number of hydrogen-bond donors (Lipinski definition) is 1. The lowest BCUT2D eigenvalue weighted by Crippen LogP contribution is -2.40. The zero-order valence-electron chi connectivity index (χ0n) is 10.1. The van der Waals surface area contributed by atoms with Crippen LogP contribution in [0.3, 0.4) is 0 Å². The normalized spacial score (nSPS) is 19.7. The minimum atomic E-state index is 0.778. The van der Waals surface area contributed by atoms with Gasteiger partial charge in [-0.05, 0) is 50.9 Å². The van der Waals surface area contributed by atoms with Gasteiger partial charge in [0.05, 0.1) is 0 Å². The molecule has 14 heavy (non-hydrogen) atoms. The summed E-state index contributed by atoms with van der Waals surface area (Å²) < 4.78 is 0. The molecule has 2 heteroatoms. The average Bonchev–Trinajstić information content (AvgIpc) is 2.05. The third-order valence-electron chi connectivity index (χ3n) is 2.89. The zero-order valence-corrected chi connectivity index (χ0v) is 10.1. The van der Waals surface area contributed by atoms with E-state index in [1.54, 1.807) is 0 Å². The predicted molar refractivity (Wildman–Crippen MR) is 62.5 cm³/mol. The van der Waals surface area contributed by atoms with Crippen molar-refractivity contribution < 1.29 is 0 Å². The van der Waals surface area contributed by atoms with Crippen LogP contribution in [0, 0.1) is 11.8 Å². The van der Waals surface area contributed by atoms with Crippen LogP contribution in [0.2, 0.25) is 0 Å². The third-order valence-corrected chi connectivity index (χ3v) is 2.89. The van der Waals surface area contributed by atoms with Crippen LogP contribution in [0.15, 0.2) is 0 Å². The lowest BCUT2D eigenvalue weighted by Gasteiger charge is -2.33. The molecule has 0 bridgehead atoms. The van der Waals surface area contributed by atoms with Crippen molar-refractivity contribution in [3.63, 3.8) is 0 Å². The molecular weight excluding hydrogens is 172 g/mol. The summed E-state index contributed by atoms with van der Waals surface area (Å²) >= 11 is 0. The minimum Gasteiger partial charge on any atom is -0.316 e. The van der Waals surface area contributed by atoms with Gasteiger partial charge >= 0.3 is 0 Å². The Hall–Kier alpha value is -0.0800. The van der Waals surface area contributed by atoms with Gasteiger partial charge in [-0.3, -0.25) is 0 Å². The quantitative estimate of drug-likeness (QED) is 0.629. The molecular formula is C12H26N2. The fourth-order valence-corrected chi connectivity index (χ4v) is 1.84. The van der Waals surface area contributed by atoms with E-state index in [0.717, 1.165) is 18.4 Å². The van der Waals surface area contributed by atoms with Gasteiger partial charge in [0, 0.05) is 6.54 Å². The van der Waals surface area contributed by atoms with E-state index in [1.165, 1.54) is 39.0 Å². The molecule has 1 saturated heterocycles. The van der Waals surface area contributed by atoms with E-state index in [-0.39, 0.29) is 0 Å². The van der Waals surface area contributed by atoms with Crippen LogP contribution in [0.1, 0.15) is 33.6 Å². The van der Waals surface area contributed by atoms with E-state index < -0.39 is 0 Å². The lowest BCUT2D eigenvalue weighted by atomic mass is 10.1. The second kappa shape index (κ2) is 6.41. The fraction of sp³-hybridized carbons (Fsp3) is 1.00. The highest BCUT2D eigenvalue weighted by atomic mass is 15.2. The maximum absolute atomic E-state index is 3.51. The molecule has 1 aliphatic rings. The van der Waals surface area contributed by atoms with Gasteiger partial charge in [-0.15, -0.1) is 0 Å². The minimum absolute atomic E-state index is 0.778. The fourth-order valence-electron chi connectivity index (χ4n) is 1.84. The Balaban J connectivity index is 1.89. The topological polar surface area (TPSA) is 15.3 Å². The molecule has 1 fully saturated rings. The predicted octanol–water partition coefficient (Wildman–Crippen LogP) is 1.96. The van der Waals surface area contributed by atoms with Crippen LogP contribution >= 0.6 is 0 Å². The molecule has 0 spiro atoms. The molecule has 0 aliphatic carbocycles. The molecule has 0 amide bonds. The summed E-state index contributed by atoms with van der Waals surface area (Å²) in [6.45, 7) is 13.2. The van der Waals surface area contributed by atoms with Gasteiger partial charge < -0.3 is 10.2 Å². The molecule has 1 unspecified atom stereocenters. The molecule has 0 aromatic heterocycles. The second-order valence-corrected chi connectivity index (χ2v) is 5.15.